The summed E-state index contributed by atoms with van der Waals surface area (Å²) in [4.78, 5) is 0. The van der Waals surface area contributed by atoms with Gasteiger partial charge in [0.1, 0.15) is 23.0 Å². The van der Waals surface area contributed by atoms with E-state index < -0.39 is 0 Å². The van der Waals surface area contributed by atoms with E-state index in [0.717, 1.165) is 16.7 Å². The van der Waals surface area contributed by atoms with E-state index in [1.165, 1.54) is 6.08 Å². The van der Waals surface area contributed by atoms with Gasteiger partial charge in [0.25, 0.3) is 0 Å². The second-order valence-corrected chi connectivity index (χ2v) is 5.82. The van der Waals surface area contributed by atoms with Crippen LogP contribution in [0.15, 0.2) is 36.4 Å². The van der Waals surface area contributed by atoms with Crippen LogP contribution < -0.4 is 18.9 Å². The Morgan fingerprint density at radius 2 is 1.54 bits per heavy atom. The fourth-order valence-corrected chi connectivity index (χ4v) is 3.06. The molecule has 0 heterocycles. The largest absolute Gasteiger partial charge is 0.497 e. The van der Waals surface area contributed by atoms with Crippen LogP contribution in [0, 0.1) is 22.7 Å². The molecule has 0 spiro atoms. The van der Waals surface area contributed by atoms with Crippen LogP contribution in [0.2, 0.25) is 0 Å². The SMILES string of the molecule is COc1ccc(C(CC#N)c2cc(/C=C/C#N)c(OC)cc2OC)c(OC)c1. The lowest BCUT2D eigenvalue weighted by Gasteiger charge is -2.22. The number of allylic oxidation sites excluding steroid dienone is 1. The van der Waals surface area contributed by atoms with Gasteiger partial charge in [-0.2, -0.15) is 10.5 Å². The number of methoxy groups -OCH3 is 4. The third kappa shape index (κ3) is 4.36. The van der Waals surface area contributed by atoms with Gasteiger partial charge >= 0.3 is 0 Å². The molecule has 1 unspecified atom stereocenters. The maximum Gasteiger partial charge on any atom is 0.129 e. The molecule has 0 amide bonds. The molecular weight excluding hydrogens is 356 g/mol. The molecule has 0 aliphatic carbocycles. The number of benzene rings is 2. The molecule has 28 heavy (non-hydrogen) atoms. The summed E-state index contributed by atoms with van der Waals surface area (Å²) in [6, 6.07) is 13.3. The predicted molar refractivity (Wildman–Crippen MR) is 106 cm³/mol. The zero-order chi connectivity index (χ0) is 20.5. The first-order chi connectivity index (χ1) is 13.6. The molecule has 0 aromatic heterocycles. The van der Waals surface area contributed by atoms with E-state index in [4.69, 9.17) is 24.2 Å². The smallest absolute Gasteiger partial charge is 0.129 e. The monoisotopic (exact) mass is 378 g/mol. The van der Waals surface area contributed by atoms with Crippen molar-refractivity contribution >= 4 is 6.08 Å². The van der Waals surface area contributed by atoms with Gasteiger partial charge in [0.2, 0.25) is 0 Å². The first-order valence-electron chi connectivity index (χ1n) is 8.54. The Bertz CT molecular complexity index is 939. The summed E-state index contributed by atoms with van der Waals surface area (Å²) in [5.74, 6) is 2.14. The molecule has 2 aromatic rings. The van der Waals surface area contributed by atoms with Gasteiger partial charge in [-0.25, -0.2) is 0 Å². The van der Waals surface area contributed by atoms with Crippen molar-refractivity contribution in [2.45, 2.75) is 12.3 Å². The third-order valence-corrected chi connectivity index (χ3v) is 4.41. The molecular formula is C22H22N2O4. The van der Waals surface area contributed by atoms with Crippen molar-refractivity contribution in [2.24, 2.45) is 0 Å². The number of rotatable bonds is 8. The van der Waals surface area contributed by atoms with Crippen molar-refractivity contribution in [1.82, 2.24) is 0 Å². The standard InChI is InChI=1S/C22H22N2O4/c1-25-16-7-8-18(21(13-16)27-3)17(9-11-24)19-12-15(6-5-10-23)20(26-2)14-22(19)28-4/h5-8,12-14,17H,9H2,1-4H3/b6-5+. The van der Waals surface area contributed by atoms with Crippen LogP contribution in [-0.2, 0) is 0 Å². The van der Waals surface area contributed by atoms with Crippen molar-refractivity contribution in [2.75, 3.05) is 28.4 Å². The summed E-state index contributed by atoms with van der Waals surface area (Å²) in [5, 5.41) is 18.3. The summed E-state index contributed by atoms with van der Waals surface area (Å²) >= 11 is 0. The minimum absolute atomic E-state index is 0.215. The van der Waals surface area contributed by atoms with Gasteiger partial charge < -0.3 is 18.9 Å². The predicted octanol–water partition coefficient (Wildman–Crippen LogP) is 4.30. The van der Waals surface area contributed by atoms with Crippen molar-refractivity contribution < 1.29 is 18.9 Å². The van der Waals surface area contributed by atoms with E-state index in [9.17, 15) is 5.26 Å². The third-order valence-electron chi connectivity index (χ3n) is 4.41. The van der Waals surface area contributed by atoms with E-state index in [-0.39, 0.29) is 12.3 Å². The van der Waals surface area contributed by atoms with E-state index in [0.29, 0.717) is 23.0 Å². The molecule has 0 saturated heterocycles. The molecule has 0 aliphatic heterocycles. The Morgan fingerprint density at radius 1 is 0.857 bits per heavy atom. The summed E-state index contributed by atoms with van der Waals surface area (Å²) in [6.07, 6.45) is 3.25. The number of hydrogen-bond donors (Lipinski definition) is 0. The number of hydrogen-bond acceptors (Lipinski definition) is 6. The van der Waals surface area contributed by atoms with Crippen LogP contribution in [0.4, 0.5) is 0 Å². The quantitative estimate of drug-likeness (QED) is 0.637. The molecule has 6 nitrogen and oxygen atoms in total. The molecule has 0 fully saturated rings. The lowest BCUT2D eigenvalue weighted by molar-refractivity contribution is 0.384. The lowest BCUT2D eigenvalue weighted by atomic mass is 9.86. The van der Waals surface area contributed by atoms with Crippen LogP contribution >= 0.6 is 0 Å². The molecule has 0 bridgehead atoms. The Balaban J connectivity index is 2.71. The van der Waals surface area contributed by atoms with Crippen molar-refractivity contribution in [3.05, 3.63) is 53.1 Å². The minimum Gasteiger partial charge on any atom is -0.497 e. The summed E-state index contributed by atoms with van der Waals surface area (Å²) in [6.45, 7) is 0. The summed E-state index contributed by atoms with van der Waals surface area (Å²) in [5.41, 5.74) is 2.35. The highest BCUT2D eigenvalue weighted by atomic mass is 16.5. The van der Waals surface area contributed by atoms with Crippen LogP contribution in [0.3, 0.4) is 0 Å². The van der Waals surface area contributed by atoms with Gasteiger partial charge in [-0.3, -0.25) is 0 Å². The molecule has 1 atom stereocenters. The molecule has 0 saturated carbocycles. The molecule has 0 N–H and O–H groups in total. The Labute approximate surface area is 165 Å². The fraction of sp³-hybridized carbons (Fsp3) is 0.273. The number of nitrogens with zero attached hydrogens (tertiary/aromatic N) is 2. The molecule has 2 rings (SSSR count). The van der Waals surface area contributed by atoms with Crippen LogP contribution in [0.5, 0.6) is 23.0 Å². The average molecular weight is 378 g/mol. The normalized spacial score (nSPS) is 11.4. The Hall–Kier alpha value is -3.64. The molecule has 6 heteroatoms. The minimum atomic E-state index is -0.305. The summed E-state index contributed by atoms with van der Waals surface area (Å²) < 4.78 is 21.8. The maximum absolute atomic E-state index is 9.46. The van der Waals surface area contributed by atoms with Gasteiger partial charge in [-0.15, -0.1) is 0 Å². The zero-order valence-electron chi connectivity index (χ0n) is 16.4. The summed E-state index contributed by atoms with van der Waals surface area (Å²) in [7, 11) is 6.28. The van der Waals surface area contributed by atoms with Crippen LogP contribution in [0.25, 0.3) is 6.08 Å². The van der Waals surface area contributed by atoms with E-state index >= 15 is 0 Å². The fourth-order valence-electron chi connectivity index (χ4n) is 3.06. The second-order valence-electron chi connectivity index (χ2n) is 5.82. The Kier molecular flexibility index (Phi) is 7.30. The van der Waals surface area contributed by atoms with Gasteiger partial charge in [-0.1, -0.05) is 6.07 Å². The van der Waals surface area contributed by atoms with Gasteiger partial charge in [0, 0.05) is 47.2 Å². The molecule has 0 radical (unpaired) electrons. The van der Waals surface area contributed by atoms with Crippen molar-refractivity contribution in [3.63, 3.8) is 0 Å². The topological polar surface area (TPSA) is 84.5 Å². The van der Waals surface area contributed by atoms with E-state index in [2.05, 4.69) is 6.07 Å². The van der Waals surface area contributed by atoms with E-state index in [1.54, 1.807) is 46.6 Å². The molecule has 144 valence electrons. The average Bonchev–Trinajstić information content (AvgIpc) is 2.75. The molecule has 0 aliphatic rings. The van der Waals surface area contributed by atoms with E-state index in [1.807, 2.05) is 24.3 Å². The number of ether oxygens (including phenoxy) is 4. The van der Waals surface area contributed by atoms with Crippen LogP contribution in [0.1, 0.15) is 29.0 Å². The maximum atomic E-state index is 9.46. The van der Waals surface area contributed by atoms with Gasteiger partial charge in [-0.05, 0) is 18.2 Å². The lowest BCUT2D eigenvalue weighted by Crippen LogP contribution is -2.06. The second kappa shape index (κ2) is 9.89. The first kappa shape index (κ1) is 20.7. The zero-order valence-corrected chi connectivity index (χ0v) is 16.4. The highest BCUT2D eigenvalue weighted by molar-refractivity contribution is 5.64. The highest BCUT2D eigenvalue weighted by Gasteiger charge is 2.24. The van der Waals surface area contributed by atoms with Crippen molar-refractivity contribution in [3.8, 4) is 35.1 Å². The van der Waals surface area contributed by atoms with Crippen LogP contribution in [-0.4, -0.2) is 28.4 Å². The first-order valence-corrected chi connectivity index (χ1v) is 8.54. The molecule has 2 aromatic carbocycles. The highest BCUT2D eigenvalue weighted by Crippen LogP contribution is 2.42. The Morgan fingerprint density at radius 3 is 2.11 bits per heavy atom. The van der Waals surface area contributed by atoms with Crippen molar-refractivity contribution in [1.29, 1.82) is 10.5 Å². The van der Waals surface area contributed by atoms with Gasteiger partial charge in [0.15, 0.2) is 0 Å². The number of nitriles is 2. The van der Waals surface area contributed by atoms with Gasteiger partial charge in [0.05, 0.1) is 40.6 Å².